The Kier molecular flexibility index (Phi) is 5.00. The van der Waals surface area contributed by atoms with Crippen molar-refractivity contribution in [2.75, 3.05) is 13.9 Å². The maximum Gasteiger partial charge on any atom is 0.340 e. The molecule has 0 spiro atoms. The van der Waals surface area contributed by atoms with Crippen LogP contribution in [0.15, 0.2) is 58.8 Å². The molecule has 0 aliphatic heterocycles. The van der Waals surface area contributed by atoms with Crippen LogP contribution < -0.4 is 0 Å². The molecule has 0 bridgehead atoms. The summed E-state index contributed by atoms with van der Waals surface area (Å²) in [6.45, 7) is -0.109. The summed E-state index contributed by atoms with van der Waals surface area (Å²) < 4.78 is 9.51. The number of aromatic hydroxyl groups is 1. The first kappa shape index (κ1) is 14.7. The average molecular weight is 286 g/mol. The first-order valence-electron chi connectivity index (χ1n) is 6.16. The third kappa shape index (κ3) is 4.12. The van der Waals surface area contributed by atoms with Gasteiger partial charge in [-0.05, 0) is 30.3 Å². The molecule has 0 atom stereocenters. The van der Waals surface area contributed by atoms with Crippen molar-refractivity contribution in [3.05, 3.63) is 54.1 Å². The van der Waals surface area contributed by atoms with E-state index in [0.717, 1.165) is 0 Å². The summed E-state index contributed by atoms with van der Waals surface area (Å²) in [5.41, 5.74) is 1.18. The Morgan fingerprint density at radius 2 is 1.95 bits per heavy atom. The quantitative estimate of drug-likeness (QED) is 0.517. The van der Waals surface area contributed by atoms with Crippen LogP contribution >= 0.6 is 0 Å². The van der Waals surface area contributed by atoms with Gasteiger partial charge in [0.05, 0.1) is 11.3 Å². The minimum Gasteiger partial charge on any atom is -0.506 e. The standard InChI is InChI=1S/C15H14N2O4/c1-20-10-21-15(19)11-5-4-6-12(9-11)16-17-13-7-2-3-8-14(13)18/h2-9,18H,10H2,1H3. The number of para-hydroxylation sites is 1. The van der Waals surface area contributed by atoms with E-state index in [2.05, 4.69) is 15.0 Å². The van der Waals surface area contributed by atoms with E-state index in [0.29, 0.717) is 16.9 Å². The van der Waals surface area contributed by atoms with Gasteiger partial charge >= 0.3 is 5.97 Å². The molecule has 21 heavy (non-hydrogen) atoms. The molecule has 0 amide bonds. The zero-order valence-electron chi connectivity index (χ0n) is 11.4. The van der Waals surface area contributed by atoms with Crippen LogP contribution in [0, 0.1) is 0 Å². The first-order valence-corrected chi connectivity index (χ1v) is 6.16. The smallest absolute Gasteiger partial charge is 0.340 e. The van der Waals surface area contributed by atoms with E-state index in [1.807, 2.05) is 0 Å². The Balaban J connectivity index is 2.14. The molecule has 0 radical (unpaired) electrons. The maximum absolute atomic E-state index is 11.7. The van der Waals surface area contributed by atoms with Gasteiger partial charge in [-0.3, -0.25) is 0 Å². The van der Waals surface area contributed by atoms with Crippen molar-refractivity contribution in [2.24, 2.45) is 10.2 Å². The lowest BCUT2D eigenvalue weighted by Crippen LogP contribution is -2.06. The second-order valence-electron chi connectivity index (χ2n) is 4.08. The van der Waals surface area contributed by atoms with Gasteiger partial charge in [-0.15, -0.1) is 5.11 Å². The molecule has 0 aliphatic rings. The molecule has 0 aromatic heterocycles. The molecular formula is C15H14N2O4. The van der Waals surface area contributed by atoms with E-state index in [9.17, 15) is 9.90 Å². The third-order valence-electron chi connectivity index (χ3n) is 2.54. The predicted molar refractivity (Wildman–Crippen MR) is 76.0 cm³/mol. The summed E-state index contributed by atoms with van der Waals surface area (Å²) in [6.07, 6.45) is 0. The molecule has 0 saturated heterocycles. The molecule has 6 heteroatoms. The second kappa shape index (κ2) is 7.16. The number of nitrogens with zero attached hydrogens (tertiary/aromatic N) is 2. The summed E-state index contributed by atoms with van der Waals surface area (Å²) in [5, 5.41) is 17.5. The van der Waals surface area contributed by atoms with Gasteiger partial charge in [0.2, 0.25) is 0 Å². The summed E-state index contributed by atoms with van der Waals surface area (Å²) in [5.74, 6) is -0.464. The van der Waals surface area contributed by atoms with Crippen molar-refractivity contribution in [1.29, 1.82) is 0 Å². The third-order valence-corrected chi connectivity index (χ3v) is 2.54. The highest BCUT2D eigenvalue weighted by Crippen LogP contribution is 2.27. The van der Waals surface area contributed by atoms with Gasteiger partial charge in [0.25, 0.3) is 0 Å². The zero-order valence-corrected chi connectivity index (χ0v) is 11.4. The van der Waals surface area contributed by atoms with Gasteiger partial charge in [0, 0.05) is 7.11 Å². The highest BCUT2D eigenvalue weighted by atomic mass is 16.7. The van der Waals surface area contributed by atoms with Gasteiger partial charge in [-0.2, -0.15) is 5.11 Å². The van der Waals surface area contributed by atoms with Crippen LogP contribution in [0.25, 0.3) is 0 Å². The summed E-state index contributed by atoms with van der Waals surface area (Å²) in [6, 6.07) is 13.1. The number of carbonyl (C=O) groups excluding carboxylic acids is 1. The largest absolute Gasteiger partial charge is 0.506 e. The van der Waals surface area contributed by atoms with E-state index in [4.69, 9.17) is 4.74 Å². The van der Waals surface area contributed by atoms with Gasteiger partial charge < -0.3 is 14.6 Å². The number of azo groups is 1. The average Bonchev–Trinajstić information content (AvgIpc) is 2.52. The number of benzene rings is 2. The number of phenolic OH excluding ortho intramolecular Hbond substituents is 1. The highest BCUT2D eigenvalue weighted by molar-refractivity contribution is 5.90. The molecule has 0 aliphatic carbocycles. The van der Waals surface area contributed by atoms with E-state index < -0.39 is 5.97 Å². The Bertz CT molecular complexity index is 656. The lowest BCUT2D eigenvalue weighted by molar-refractivity contribution is -0.0125. The van der Waals surface area contributed by atoms with E-state index in [1.54, 1.807) is 42.5 Å². The lowest BCUT2D eigenvalue weighted by Gasteiger charge is -2.03. The zero-order chi connectivity index (χ0) is 15.1. The second-order valence-corrected chi connectivity index (χ2v) is 4.08. The van der Waals surface area contributed by atoms with Crippen LogP contribution in [0.2, 0.25) is 0 Å². The Hall–Kier alpha value is -2.73. The highest BCUT2D eigenvalue weighted by Gasteiger charge is 2.07. The molecule has 108 valence electrons. The van der Waals surface area contributed by atoms with E-state index in [1.165, 1.54) is 13.2 Å². The summed E-state index contributed by atoms with van der Waals surface area (Å²) >= 11 is 0. The number of phenols is 1. The Labute approximate surface area is 121 Å². The first-order chi connectivity index (χ1) is 10.2. The van der Waals surface area contributed by atoms with Gasteiger partial charge in [0.15, 0.2) is 6.79 Å². The number of esters is 1. The van der Waals surface area contributed by atoms with Crippen molar-refractivity contribution >= 4 is 17.3 Å². The van der Waals surface area contributed by atoms with Crippen LogP contribution in [0.5, 0.6) is 5.75 Å². The fraction of sp³-hybridized carbons (Fsp3) is 0.133. The normalized spacial score (nSPS) is 10.7. The van der Waals surface area contributed by atoms with Crippen molar-refractivity contribution in [3.63, 3.8) is 0 Å². The molecule has 0 fully saturated rings. The molecule has 1 N–H and O–H groups in total. The fourth-order valence-electron chi connectivity index (χ4n) is 1.55. The number of methoxy groups -OCH3 is 1. The molecule has 2 rings (SSSR count). The van der Waals surface area contributed by atoms with Crippen LogP contribution in [-0.4, -0.2) is 25.0 Å². The fourth-order valence-corrected chi connectivity index (χ4v) is 1.55. The Morgan fingerprint density at radius 1 is 1.14 bits per heavy atom. The molecule has 0 unspecified atom stereocenters. The number of hydrogen-bond donors (Lipinski definition) is 1. The van der Waals surface area contributed by atoms with Crippen molar-refractivity contribution in [3.8, 4) is 5.75 Å². The molecule has 0 heterocycles. The number of ether oxygens (including phenoxy) is 2. The van der Waals surface area contributed by atoms with Crippen LogP contribution in [0.1, 0.15) is 10.4 Å². The molecule has 2 aromatic rings. The van der Waals surface area contributed by atoms with Crippen molar-refractivity contribution in [1.82, 2.24) is 0 Å². The lowest BCUT2D eigenvalue weighted by atomic mass is 10.2. The summed E-state index contributed by atoms with van der Waals surface area (Å²) in [7, 11) is 1.43. The predicted octanol–water partition coefficient (Wildman–Crippen LogP) is 3.57. The van der Waals surface area contributed by atoms with Crippen molar-refractivity contribution < 1.29 is 19.4 Å². The van der Waals surface area contributed by atoms with Crippen LogP contribution in [-0.2, 0) is 9.47 Å². The van der Waals surface area contributed by atoms with Crippen LogP contribution in [0.4, 0.5) is 11.4 Å². The monoisotopic (exact) mass is 286 g/mol. The minimum atomic E-state index is -0.503. The Morgan fingerprint density at radius 3 is 2.71 bits per heavy atom. The number of carbonyl (C=O) groups is 1. The van der Waals surface area contributed by atoms with Gasteiger partial charge in [-0.1, -0.05) is 18.2 Å². The van der Waals surface area contributed by atoms with Gasteiger partial charge in [-0.25, -0.2) is 4.79 Å². The topological polar surface area (TPSA) is 80.5 Å². The molecule has 2 aromatic carbocycles. The van der Waals surface area contributed by atoms with Crippen molar-refractivity contribution in [2.45, 2.75) is 0 Å². The van der Waals surface area contributed by atoms with Crippen LogP contribution in [0.3, 0.4) is 0 Å². The minimum absolute atomic E-state index is 0.0388. The molecule has 0 saturated carbocycles. The molecular weight excluding hydrogens is 272 g/mol. The number of rotatable bonds is 5. The SMILES string of the molecule is COCOC(=O)c1cccc(N=Nc2ccccc2O)c1. The maximum atomic E-state index is 11.7. The summed E-state index contributed by atoms with van der Waals surface area (Å²) in [4.78, 5) is 11.7. The van der Waals surface area contributed by atoms with Gasteiger partial charge in [0.1, 0.15) is 11.4 Å². The van der Waals surface area contributed by atoms with E-state index >= 15 is 0 Å². The van der Waals surface area contributed by atoms with E-state index in [-0.39, 0.29) is 12.5 Å². The molecule has 6 nitrogen and oxygen atoms in total. The number of hydrogen-bond acceptors (Lipinski definition) is 6.